The summed E-state index contributed by atoms with van der Waals surface area (Å²) in [5, 5.41) is 0. The Bertz CT molecular complexity index is 1030. The van der Waals surface area contributed by atoms with Crippen molar-refractivity contribution in [2.75, 3.05) is 20.2 Å². The fourth-order valence-corrected chi connectivity index (χ4v) is 3.30. The van der Waals surface area contributed by atoms with Crippen LogP contribution in [0.3, 0.4) is 0 Å². The van der Waals surface area contributed by atoms with Crippen LogP contribution in [-0.2, 0) is 14.8 Å². The Morgan fingerprint density at radius 3 is 2.29 bits per heavy atom. The number of sulfonamides is 1. The molecule has 0 fully saturated rings. The second kappa shape index (κ2) is 9.75. The Balaban J connectivity index is 1.87. The molecular weight excluding hydrogens is 441 g/mol. The number of nitrogens with zero attached hydrogens (tertiary/aromatic N) is 2. The van der Waals surface area contributed by atoms with Crippen molar-refractivity contribution in [3.63, 3.8) is 0 Å². The third-order valence-corrected chi connectivity index (χ3v) is 5.61. The van der Waals surface area contributed by atoms with Gasteiger partial charge in [0, 0.05) is 19.3 Å². The molecule has 0 atom stereocenters. The van der Waals surface area contributed by atoms with E-state index in [4.69, 9.17) is 0 Å². The smallest absolute Gasteiger partial charge is 0.422 e. The molecule has 2 aromatic rings. The molecule has 2 N–H and O–H groups in total. The van der Waals surface area contributed by atoms with E-state index in [0.717, 1.165) is 28.2 Å². The van der Waals surface area contributed by atoms with E-state index in [1.165, 1.54) is 19.2 Å². The third kappa shape index (κ3) is 7.22. The van der Waals surface area contributed by atoms with Crippen molar-refractivity contribution in [1.29, 1.82) is 0 Å². The van der Waals surface area contributed by atoms with Crippen LogP contribution in [-0.4, -0.2) is 55.9 Å². The van der Waals surface area contributed by atoms with E-state index in [1.807, 2.05) is 0 Å². The molecule has 0 saturated carbocycles. The van der Waals surface area contributed by atoms with E-state index in [2.05, 4.69) is 20.6 Å². The van der Waals surface area contributed by atoms with Crippen molar-refractivity contribution < 1.29 is 35.9 Å². The molecule has 9 nitrogen and oxygen atoms in total. The quantitative estimate of drug-likeness (QED) is 0.604. The van der Waals surface area contributed by atoms with Crippen LogP contribution >= 0.6 is 0 Å². The Morgan fingerprint density at radius 2 is 1.74 bits per heavy atom. The maximum atomic E-state index is 12.5. The van der Waals surface area contributed by atoms with Crippen molar-refractivity contribution >= 4 is 21.8 Å². The zero-order valence-electron chi connectivity index (χ0n) is 16.4. The van der Waals surface area contributed by atoms with E-state index in [9.17, 15) is 31.2 Å². The van der Waals surface area contributed by atoms with Gasteiger partial charge in [0.05, 0.1) is 17.0 Å². The molecule has 1 aromatic carbocycles. The fourth-order valence-electron chi connectivity index (χ4n) is 2.17. The molecule has 0 aliphatic carbocycles. The van der Waals surface area contributed by atoms with Gasteiger partial charge in [-0.2, -0.15) is 17.5 Å². The molecule has 1 aromatic heterocycles. The average Bonchev–Trinajstić information content (AvgIpc) is 2.70. The number of hydrazine groups is 1. The first kappa shape index (κ1) is 24.1. The number of amides is 2. The van der Waals surface area contributed by atoms with E-state index >= 15 is 0 Å². The van der Waals surface area contributed by atoms with E-state index in [0.29, 0.717) is 0 Å². The number of hydrogen-bond acceptors (Lipinski definition) is 6. The maximum absolute atomic E-state index is 12.5. The molecule has 0 spiro atoms. The summed E-state index contributed by atoms with van der Waals surface area (Å²) in [5.74, 6) is -1.96. The molecule has 0 aliphatic rings. The zero-order chi connectivity index (χ0) is 23.2. The summed E-state index contributed by atoms with van der Waals surface area (Å²) >= 11 is 0. The number of rotatable bonds is 7. The SMILES string of the molecule is Cc1ccc(S(=O)(=O)N(C)CC(=O)NNC(=O)c2ccc(OCC(F)(F)F)nc2)cc1. The Hall–Kier alpha value is -3.19. The zero-order valence-corrected chi connectivity index (χ0v) is 17.2. The monoisotopic (exact) mass is 460 g/mol. The van der Waals surface area contributed by atoms with E-state index in [1.54, 1.807) is 19.1 Å². The molecule has 31 heavy (non-hydrogen) atoms. The number of carbonyl (C=O) groups is 2. The van der Waals surface area contributed by atoms with Gasteiger partial charge < -0.3 is 4.74 Å². The second-order valence-electron chi connectivity index (χ2n) is 6.37. The number of carbonyl (C=O) groups excluding carboxylic acids is 2. The number of hydrogen-bond donors (Lipinski definition) is 2. The highest BCUT2D eigenvalue weighted by molar-refractivity contribution is 7.89. The van der Waals surface area contributed by atoms with Crippen molar-refractivity contribution in [3.8, 4) is 5.88 Å². The third-order valence-electron chi connectivity index (χ3n) is 3.79. The number of aromatic nitrogens is 1. The molecule has 0 radical (unpaired) electrons. The molecule has 0 unspecified atom stereocenters. The predicted octanol–water partition coefficient (Wildman–Crippen LogP) is 1.41. The summed E-state index contributed by atoms with van der Waals surface area (Å²) in [6, 6.07) is 8.27. The summed E-state index contributed by atoms with van der Waals surface area (Å²) in [6.07, 6.45) is -3.57. The highest BCUT2D eigenvalue weighted by Gasteiger charge is 2.28. The standard InChI is InChI=1S/C18H19F3N4O5S/c1-12-3-6-14(7-4-12)31(28,29)25(2)10-15(26)23-24-17(27)13-5-8-16(22-9-13)30-11-18(19,20)21/h3-9H,10-11H2,1-2H3,(H,23,26)(H,24,27). The number of ether oxygens (including phenoxy) is 1. The van der Waals surface area contributed by atoms with E-state index < -0.39 is 41.2 Å². The molecule has 1 heterocycles. The predicted molar refractivity (Wildman–Crippen MR) is 102 cm³/mol. The van der Waals surface area contributed by atoms with Crippen LogP contribution in [0, 0.1) is 6.92 Å². The molecule has 13 heteroatoms. The Morgan fingerprint density at radius 1 is 1.10 bits per heavy atom. The summed E-state index contributed by atoms with van der Waals surface area (Å²) in [7, 11) is -2.70. The van der Waals surface area contributed by atoms with Gasteiger partial charge in [-0.1, -0.05) is 17.7 Å². The van der Waals surface area contributed by atoms with Crippen LogP contribution in [0.15, 0.2) is 47.5 Å². The lowest BCUT2D eigenvalue weighted by atomic mass is 10.2. The van der Waals surface area contributed by atoms with Crippen LogP contribution in [0.5, 0.6) is 5.88 Å². The van der Waals surface area contributed by atoms with Gasteiger partial charge in [0.2, 0.25) is 15.9 Å². The number of likely N-dealkylation sites (N-methyl/N-ethyl adjacent to an activating group) is 1. The Kier molecular flexibility index (Phi) is 7.57. The molecule has 2 amide bonds. The lowest BCUT2D eigenvalue weighted by Gasteiger charge is -2.17. The minimum atomic E-state index is -4.53. The minimum Gasteiger partial charge on any atom is -0.468 e. The van der Waals surface area contributed by atoms with Gasteiger partial charge in [-0.05, 0) is 25.1 Å². The first-order chi connectivity index (χ1) is 14.4. The van der Waals surface area contributed by atoms with Gasteiger partial charge >= 0.3 is 6.18 Å². The highest BCUT2D eigenvalue weighted by Crippen LogP contribution is 2.17. The summed E-state index contributed by atoms with van der Waals surface area (Å²) < 4.78 is 66.5. The molecule has 0 aliphatic heterocycles. The number of aryl methyl sites for hydroxylation is 1. The largest absolute Gasteiger partial charge is 0.468 e. The highest BCUT2D eigenvalue weighted by atomic mass is 32.2. The number of nitrogens with one attached hydrogen (secondary N) is 2. The normalized spacial score (nSPS) is 11.8. The number of halogens is 3. The van der Waals surface area contributed by atoms with Crippen LogP contribution in [0.25, 0.3) is 0 Å². The van der Waals surface area contributed by atoms with Gasteiger partial charge in [0.15, 0.2) is 6.61 Å². The number of alkyl halides is 3. The van der Waals surface area contributed by atoms with Gasteiger partial charge in [0.1, 0.15) is 0 Å². The number of pyridine rings is 1. The summed E-state index contributed by atoms with van der Waals surface area (Å²) in [5.41, 5.74) is 4.91. The molecular formula is C18H19F3N4O5S. The van der Waals surface area contributed by atoms with Gasteiger partial charge in [-0.25, -0.2) is 13.4 Å². The second-order valence-corrected chi connectivity index (χ2v) is 8.41. The molecule has 168 valence electrons. The van der Waals surface area contributed by atoms with Crippen molar-refractivity contribution in [1.82, 2.24) is 20.1 Å². The lowest BCUT2D eigenvalue weighted by Crippen LogP contribution is -2.46. The fraction of sp³-hybridized carbons (Fsp3) is 0.278. The topological polar surface area (TPSA) is 118 Å². The lowest BCUT2D eigenvalue weighted by molar-refractivity contribution is -0.154. The molecule has 0 bridgehead atoms. The van der Waals surface area contributed by atoms with Crippen LogP contribution in [0.4, 0.5) is 13.2 Å². The van der Waals surface area contributed by atoms with E-state index in [-0.39, 0.29) is 16.3 Å². The first-order valence-corrected chi connectivity index (χ1v) is 10.1. The first-order valence-electron chi connectivity index (χ1n) is 8.66. The molecule has 0 saturated heterocycles. The number of benzene rings is 1. The van der Waals surface area contributed by atoms with Gasteiger partial charge in [-0.15, -0.1) is 0 Å². The van der Waals surface area contributed by atoms with Crippen molar-refractivity contribution in [2.24, 2.45) is 0 Å². The molecule has 2 rings (SSSR count). The van der Waals surface area contributed by atoms with Crippen molar-refractivity contribution in [3.05, 3.63) is 53.7 Å². The van der Waals surface area contributed by atoms with Crippen molar-refractivity contribution in [2.45, 2.75) is 18.0 Å². The van der Waals surface area contributed by atoms with Crippen LogP contribution < -0.4 is 15.6 Å². The minimum absolute atomic E-state index is 0.0105. The van der Waals surface area contributed by atoms with Crippen LogP contribution in [0.2, 0.25) is 0 Å². The Labute approximate surface area is 176 Å². The maximum Gasteiger partial charge on any atom is 0.422 e. The summed E-state index contributed by atoms with van der Waals surface area (Å²) in [6.45, 7) is -0.297. The van der Waals surface area contributed by atoms with Gasteiger partial charge in [-0.3, -0.25) is 20.4 Å². The average molecular weight is 460 g/mol. The summed E-state index contributed by atoms with van der Waals surface area (Å²) in [4.78, 5) is 27.6. The van der Waals surface area contributed by atoms with Gasteiger partial charge in [0.25, 0.3) is 11.8 Å². The van der Waals surface area contributed by atoms with Crippen LogP contribution in [0.1, 0.15) is 15.9 Å².